The number of aromatic nitrogens is 2. The normalized spacial score (nSPS) is 11.5. The number of pyridine rings is 2. The van der Waals surface area contributed by atoms with Gasteiger partial charge in [0.05, 0.1) is 11.4 Å². The van der Waals surface area contributed by atoms with Crippen LogP contribution in [0.4, 0.5) is 0 Å². The lowest BCUT2D eigenvalue weighted by atomic mass is 10.2. The highest BCUT2D eigenvalue weighted by Gasteiger charge is 2.27. The highest BCUT2D eigenvalue weighted by Crippen LogP contribution is 2.14. The molecule has 0 bridgehead atoms. The molecule has 0 saturated heterocycles. The third-order valence-electron chi connectivity index (χ3n) is 2.19. The Balaban J connectivity index is 2.19. The van der Waals surface area contributed by atoms with Crippen LogP contribution in [0.2, 0.25) is 0 Å². The summed E-state index contributed by atoms with van der Waals surface area (Å²) in [6.45, 7) is 0. The van der Waals surface area contributed by atoms with Crippen molar-refractivity contribution in [2.75, 3.05) is 0 Å². The van der Waals surface area contributed by atoms with Crippen molar-refractivity contribution in [2.24, 2.45) is 0 Å². The molecule has 0 spiro atoms. The first kappa shape index (κ1) is 11.9. The van der Waals surface area contributed by atoms with Gasteiger partial charge in [0.2, 0.25) is 0 Å². The van der Waals surface area contributed by atoms with Crippen molar-refractivity contribution in [3.05, 3.63) is 48.3 Å². The molecule has 88 valence electrons. The zero-order chi connectivity index (χ0) is 12.3. The lowest BCUT2D eigenvalue weighted by molar-refractivity contribution is 0.227. The first-order valence-electron chi connectivity index (χ1n) is 5.08. The second-order valence-electron chi connectivity index (χ2n) is 3.72. The summed E-state index contributed by atoms with van der Waals surface area (Å²) < 4.78 is 0. The third kappa shape index (κ3) is 3.43. The van der Waals surface area contributed by atoms with Crippen molar-refractivity contribution in [1.29, 1.82) is 0 Å². The Morgan fingerprint density at radius 3 is 2.24 bits per heavy atom. The fourth-order valence-corrected chi connectivity index (χ4v) is 2.23. The molecule has 6 heteroatoms. The van der Waals surface area contributed by atoms with Gasteiger partial charge in [0.1, 0.15) is 0 Å². The topological polar surface area (TPSA) is 86.5 Å². The molecule has 2 aromatic heterocycles. The molecular formula is C11H12N2O3Si. The second-order valence-corrected chi connectivity index (χ2v) is 5.62. The average molecular weight is 248 g/mol. The van der Waals surface area contributed by atoms with Gasteiger partial charge < -0.3 is 14.4 Å². The number of hydrogen-bond donors (Lipinski definition) is 3. The lowest BCUT2D eigenvalue weighted by Crippen LogP contribution is -2.37. The average Bonchev–Trinajstić information content (AvgIpc) is 2.29. The molecule has 0 radical (unpaired) electrons. The van der Waals surface area contributed by atoms with Crippen LogP contribution in [0.5, 0.6) is 0 Å². The largest absolute Gasteiger partial charge is 0.497 e. The number of rotatable bonds is 3. The second kappa shape index (κ2) is 4.72. The molecule has 0 unspecified atom stereocenters. The summed E-state index contributed by atoms with van der Waals surface area (Å²) in [6, 6.07) is 8.80. The van der Waals surface area contributed by atoms with Crippen molar-refractivity contribution >= 4 is 8.80 Å². The van der Waals surface area contributed by atoms with Gasteiger partial charge in [0.25, 0.3) is 0 Å². The molecule has 0 amide bonds. The van der Waals surface area contributed by atoms with Gasteiger partial charge in [-0.2, -0.15) is 0 Å². The molecule has 17 heavy (non-hydrogen) atoms. The van der Waals surface area contributed by atoms with Crippen LogP contribution in [-0.2, 0) is 6.04 Å². The summed E-state index contributed by atoms with van der Waals surface area (Å²) in [7, 11) is -4.05. The molecule has 2 heterocycles. The van der Waals surface area contributed by atoms with Gasteiger partial charge in [-0.25, -0.2) is 0 Å². The summed E-state index contributed by atoms with van der Waals surface area (Å²) in [5.74, 6) is 0. The molecule has 0 aliphatic heterocycles. The van der Waals surface area contributed by atoms with Crippen LogP contribution < -0.4 is 0 Å². The van der Waals surface area contributed by atoms with Crippen LogP contribution in [0.3, 0.4) is 0 Å². The fourth-order valence-electron chi connectivity index (χ4n) is 1.47. The monoisotopic (exact) mass is 248 g/mol. The van der Waals surface area contributed by atoms with Crippen molar-refractivity contribution in [1.82, 2.24) is 9.97 Å². The van der Waals surface area contributed by atoms with Crippen LogP contribution in [0, 0.1) is 0 Å². The van der Waals surface area contributed by atoms with E-state index in [9.17, 15) is 0 Å². The number of nitrogens with zero attached hydrogens (tertiary/aromatic N) is 2. The molecule has 3 N–H and O–H groups in total. The Morgan fingerprint density at radius 1 is 0.941 bits per heavy atom. The van der Waals surface area contributed by atoms with Crippen molar-refractivity contribution < 1.29 is 14.4 Å². The maximum Gasteiger partial charge on any atom is 0.497 e. The van der Waals surface area contributed by atoms with E-state index in [2.05, 4.69) is 9.97 Å². The molecule has 0 fully saturated rings. The zero-order valence-corrected chi connectivity index (χ0v) is 9.98. The van der Waals surface area contributed by atoms with Crippen LogP contribution in [0.1, 0.15) is 5.56 Å². The van der Waals surface area contributed by atoms with E-state index in [-0.39, 0.29) is 6.04 Å². The maximum atomic E-state index is 8.97. The Hall–Kier alpha value is -1.60. The summed E-state index contributed by atoms with van der Waals surface area (Å²) in [5.41, 5.74) is 2.04. The minimum atomic E-state index is -4.05. The van der Waals surface area contributed by atoms with Crippen LogP contribution in [0.15, 0.2) is 42.7 Å². The Kier molecular flexibility index (Phi) is 3.30. The van der Waals surface area contributed by atoms with Gasteiger partial charge in [-0.1, -0.05) is 12.1 Å². The summed E-state index contributed by atoms with van der Waals surface area (Å²) in [6.07, 6.45) is 3.19. The highest BCUT2D eigenvalue weighted by atomic mass is 28.4. The minimum absolute atomic E-state index is 0.150. The quantitative estimate of drug-likeness (QED) is 0.673. The molecule has 0 aliphatic rings. The smallest absolute Gasteiger partial charge is 0.390 e. The minimum Gasteiger partial charge on any atom is -0.390 e. The summed E-state index contributed by atoms with van der Waals surface area (Å²) >= 11 is 0. The zero-order valence-electron chi connectivity index (χ0n) is 8.98. The standard InChI is InChI=1S/C11H12N2O3Si/c14-17(15,16)8-9-4-5-11(13-7-9)10-3-1-2-6-12-10/h1-7,14-16H,8H2. The Labute approximate surface area is 99.4 Å². The van der Waals surface area contributed by atoms with Gasteiger partial charge >= 0.3 is 8.80 Å². The van der Waals surface area contributed by atoms with E-state index >= 15 is 0 Å². The first-order valence-corrected chi connectivity index (χ1v) is 7.13. The Morgan fingerprint density at radius 2 is 1.71 bits per heavy atom. The predicted octanol–water partition coefficient (Wildman–Crippen LogP) is 0.141. The van der Waals surface area contributed by atoms with E-state index < -0.39 is 8.80 Å². The maximum absolute atomic E-state index is 8.97. The molecule has 0 atom stereocenters. The molecule has 0 aliphatic carbocycles. The van der Waals surface area contributed by atoms with Crippen LogP contribution in [0.25, 0.3) is 11.4 Å². The molecule has 2 aromatic rings. The lowest BCUT2D eigenvalue weighted by Gasteiger charge is -2.09. The molecule has 5 nitrogen and oxygen atoms in total. The SMILES string of the molecule is O[Si](O)(O)Cc1ccc(-c2ccccn2)nc1. The predicted molar refractivity (Wildman–Crippen MR) is 63.6 cm³/mol. The molecule has 0 aromatic carbocycles. The fraction of sp³-hybridized carbons (Fsp3) is 0.0909. The van der Waals surface area contributed by atoms with Gasteiger partial charge in [-0.3, -0.25) is 9.97 Å². The van der Waals surface area contributed by atoms with Gasteiger partial charge in [0, 0.05) is 18.4 Å². The first-order chi connectivity index (χ1) is 8.04. The molecule has 0 saturated carbocycles. The summed E-state index contributed by atoms with van der Waals surface area (Å²) in [5, 5.41) is 0. The van der Waals surface area contributed by atoms with E-state index in [0.717, 1.165) is 5.69 Å². The van der Waals surface area contributed by atoms with Crippen LogP contribution >= 0.6 is 0 Å². The summed E-state index contributed by atoms with van der Waals surface area (Å²) in [4.78, 5) is 35.2. The van der Waals surface area contributed by atoms with E-state index in [1.54, 1.807) is 18.3 Å². The van der Waals surface area contributed by atoms with Gasteiger partial charge in [-0.15, -0.1) is 0 Å². The number of hydrogen-bond acceptors (Lipinski definition) is 5. The van der Waals surface area contributed by atoms with E-state index in [1.165, 1.54) is 6.20 Å². The van der Waals surface area contributed by atoms with Gasteiger partial charge in [0.15, 0.2) is 0 Å². The van der Waals surface area contributed by atoms with E-state index in [1.807, 2.05) is 18.2 Å². The van der Waals surface area contributed by atoms with Crippen LogP contribution in [-0.4, -0.2) is 33.2 Å². The third-order valence-corrected chi connectivity index (χ3v) is 3.08. The van der Waals surface area contributed by atoms with E-state index in [0.29, 0.717) is 11.3 Å². The Bertz CT molecular complexity index is 482. The van der Waals surface area contributed by atoms with Crippen molar-refractivity contribution in [3.8, 4) is 11.4 Å². The highest BCUT2D eigenvalue weighted by molar-refractivity contribution is 6.55. The molecule has 2 rings (SSSR count). The van der Waals surface area contributed by atoms with E-state index in [4.69, 9.17) is 14.4 Å². The molecular weight excluding hydrogens is 236 g/mol. The van der Waals surface area contributed by atoms with Crippen molar-refractivity contribution in [2.45, 2.75) is 6.04 Å². The van der Waals surface area contributed by atoms with Gasteiger partial charge in [-0.05, 0) is 23.8 Å². The van der Waals surface area contributed by atoms with Crippen molar-refractivity contribution in [3.63, 3.8) is 0 Å².